The molecule has 36 heavy (non-hydrogen) atoms. The zero-order valence-corrected chi connectivity index (χ0v) is 21.1. The largest absolute Gasteiger partial charge is 0.493 e. The highest BCUT2D eigenvalue weighted by Gasteiger charge is 2.47. The summed E-state index contributed by atoms with van der Waals surface area (Å²) in [5.41, 5.74) is 8.86. The average Bonchev–Trinajstić information content (AvgIpc) is 3.50. The number of ether oxygens (including phenoxy) is 1. The number of likely N-dealkylation sites (tertiary alicyclic amines) is 1. The van der Waals surface area contributed by atoms with Crippen molar-refractivity contribution in [3.8, 4) is 5.75 Å². The van der Waals surface area contributed by atoms with E-state index in [2.05, 4.69) is 22.9 Å². The smallest absolute Gasteiger partial charge is 0.308 e. The van der Waals surface area contributed by atoms with Crippen molar-refractivity contribution in [3.63, 3.8) is 0 Å². The van der Waals surface area contributed by atoms with E-state index in [1.165, 1.54) is 0 Å². The number of aromatic nitrogens is 1. The van der Waals surface area contributed by atoms with Crippen molar-refractivity contribution < 1.29 is 19.4 Å². The summed E-state index contributed by atoms with van der Waals surface area (Å²) < 4.78 is 5.66. The van der Waals surface area contributed by atoms with Gasteiger partial charge in [-0.1, -0.05) is 31.5 Å². The van der Waals surface area contributed by atoms with Gasteiger partial charge >= 0.3 is 5.97 Å². The normalized spacial score (nSPS) is 21.2. The molecule has 4 rings (SSSR count). The number of carboxylic acids is 1. The number of carboxylic acid groups (broad SMARTS) is 1. The summed E-state index contributed by atoms with van der Waals surface area (Å²) in [7, 11) is 0. The highest BCUT2D eigenvalue weighted by atomic mass is 16.5. The van der Waals surface area contributed by atoms with E-state index in [1.807, 2.05) is 35.2 Å². The second-order valence-corrected chi connectivity index (χ2v) is 9.82. The van der Waals surface area contributed by atoms with Crippen LogP contribution in [0.15, 0.2) is 42.6 Å². The van der Waals surface area contributed by atoms with Gasteiger partial charge in [0, 0.05) is 56.5 Å². The number of fused-ring (bicyclic) bond motifs is 1. The van der Waals surface area contributed by atoms with Crippen LogP contribution >= 0.6 is 0 Å². The van der Waals surface area contributed by atoms with Gasteiger partial charge in [-0.25, -0.2) is 0 Å². The number of amides is 1. The van der Waals surface area contributed by atoms with Crippen molar-refractivity contribution in [2.75, 3.05) is 39.3 Å². The molecule has 194 valence electrons. The Labute approximate surface area is 213 Å². The summed E-state index contributed by atoms with van der Waals surface area (Å²) >= 11 is 0. The van der Waals surface area contributed by atoms with Gasteiger partial charge in [0.15, 0.2) is 0 Å². The molecule has 3 heterocycles. The lowest BCUT2D eigenvalue weighted by Gasteiger charge is -2.29. The van der Waals surface area contributed by atoms with Crippen molar-refractivity contribution in [1.82, 2.24) is 14.8 Å². The molecule has 0 saturated carbocycles. The van der Waals surface area contributed by atoms with Crippen LogP contribution in [0.25, 0.3) is 0 Å². The Bertz CT molecular complexity index is 1030. The molecule has 8 heteroatoms. The predicted molar refractivity (Wildman–Crippen MR) is 138 cm³/mol. The van der Waals surface area contributed by atoms with Gasteiger partial charge < -0.3 is 20.5 Å². The van der Waals surface area contributed by atoms with Gasteiger partial charge in [0.25, 0.3) is 0 Å². The Morgan fingerprint density at radius 1 is 1.25 bits per heavy atom. The van der Waals surface area contributed by atoms with E-state index in [-0.39, 0.29) is 24.4 Å². The molecule has 2 aliphatic rings. The van der Waals surface area contributed by atoms with E-state index in [1.54, 1.807) is 6.20 Å². The first-order valence-corrected chi connectivity index (χ1v) is 13.1. The molecule has 0 bridgehead atoms. The van der Waals surface area contributed by atoms with Crippen LogP contribution in [0.5, 0.6) is 5.75 Å². The number of carbonyl (C=O) groups is 2. The second kappa shape index (κ2) is 12.3. The van der Waals surface area contributed by atoms with Crippen LogP contribution in [0.4, 0.5) is 0 Å². The first-order chi connectivity index (χ1) is 17.5. The molecule has 3 N–H and O–H groups in total. The van der Waals surface area contributed by atoms with Gasteiger partial charge in [0.05, 0.1) is 19.1 Å². The molecular weight excluding hydrogens is 456 g/mol. The Hall–Kier alpha value is -2.97. The number of pyridine rings is 1. The second-order valence-electron chi connectivity index (χ2n) is 9.82. The quantitative estimate of drug-likeness (QED) is 0.467. The van der Waals surface area contributed by atoms with Crippen LogP contribution in [0, 0.1) is 5.92 Å². The summed E-state index contributed by atoms with van der Waals surface area (Å²) in [4.78, 5) is 34.4. The van der Waals surface area contributed by atoms with Crippen molar-refractivity contribution in [2.24, 2.45) is 11.7 Å². The fraction of sp³-hybridized carbons (Fsp3) is 0.536. The number of unbranched alkanes of at least 4 members (excludes halogenated alkanes) is 1. The lowest BCUT2D eigenvalue weighted by atomic mass is 9.83. The van der Waals surface area contributed by atoms with Gasteiger partial charge in [-0.3, -0.25) is 19.5 Å². The number of nitrogens with zero attached hydrogens (tertiary/aromatic N) is 3. The minimum atomic E-state index is -0.817. The number of hydrogen-bond acceptors (Lipinski definition) is 6. The summed E-state index contributed by atoms with van der Waals surface area (Å²) in [5, 5.41) is 10.4. The molecular formula is C28H38N4O4. The first-order valence-electron chi connectivity index (χ1n) is 13.1. The zero-order chi connectivity index (χ0) is 25.5. The molecule has 1 aromatic heterocycles. The van der Waals surface area contributed by atoms with Gasteiger partial charge in [-0.05, 0) is 48.6 Å². The maximum Gasteiger partial charge on any atom is 0.308 e. The number of rotatable bonds is 12. The Balaban J connectivity index is 1.59. The lowest BCUT2D eigenvalue weighted by Crippen LogP contribution is -2.45. The van der Waals surface area contributed by atoms with Gasteiger partial charge in [-0.2, -0.15) is 0 Å². The van der Waals surface area contributed by atoms with E-state index in [0.29, 0.717) is 45.6 Å². The summed E-state index contributed by atoms with van der Waals surface area (Å²) in [6.45, 7) is 5.09. The van der Waals surface area contributed by atoms with Crippen molar-refractivity contribution in [2.45, 2.75) is 51.0 Å². The van der Waals surface area contributed by atoms with Crippen molar-refractivity contribution in [1.29, 1.82) is 0 Å². The first kappa shape index (κ1) is 26.1. The highest BCUT2D eigenvalue weighted by molar-refractivity contribution is 5.79. The number of hydrogen-bond donors (Lipinski definition) is 2. The summed E-state index contributed by atoms with van der Waals surface area (Å²) in [5.74, 6) is -0.726. The number of aliphatic carboxylic acids is 1. The fourth-order valence-corrected chi connectivity index (χ4v) is 5.61. The van der Waals surface area contributed by atoms with E-state index in [4.69, 9.17) is 10.5 Å². The third-order valence-corrected chi connectivity index (χ3v) is 7.47. The molecule has 1 fully saturated rings. The fourth-order valence-electron chi connectivity index (χ4n) is 5.61. The number of benzene rings is 1. The van der Waals surface area contributed by atoms with E-state index in [0.717, 1.165) is 41.8 Å². The maximum atomic E-state index is 13.3. The van der Waals surface area contributed by atoms with E-state index >= 15 is 0 Å². The molecule has 0 unspecified atom stereocenters. The van der Waals surface area contributed by atoms with Gasteiger partial charge in [-0.15, -0.1) is 0 Å². The van der Waals surface area contributed by atoms with E-state index < -0.39 is 11.9 Å². The Kier molecular flexibility index (Phi) is 8.93. The molecule has 1 saturated heterocycles. The molecule has 8 nitrogen and oxygen atoms in total. The van der Waals surface area contributed by atoms with E-state index in [9.17, 15) is 14.7 Å². The number of carbonyl (C=O) groups excluding carboxylic acids is 1. The third-order valence-electron chi connectivity index (χ3n) is 7.47. The summed E-state index contributed by atoms with van der Waals surface area (Å²) in [6.07, 6.45) is 5.80. The number of aryl methyl sites for hydroxylation is 1. The maximum absolute atomic E-state index is 13.3. The molecule has 2 aliphatic heterocycles. The van der Waals surface area contributed by atoms with Crippen LogP contribution in [0.3, 0.4) is 0 Å². The van der Waals surface area contributed by atoms with Crippen LogP contribution in [0.2, 0.25) is 0 Å². The minimum Gasteiger partial charge on any atom is -0.493 e. The van der Waals surface area contributed by atoms with Crippen LogP contribution in [-0.2, 0) is 22.4 Å². The monoisotopic (exact) mass is 494 g/mol. The Morgan fingerprint density at radius 3 is 2.83 bits per heavy atom. The topological polar surface area (TPSA) is 109 Å². The molecule has 1 amide bonds. The van der Waals surface area contributed by atoms with Crippen molar-refractivity contribution >= 4 is 11.9 Å². The molecule has 3 atom stereocenters. The zero-order valence-electron chi connectivity index (χ0n) is 21.1. The SMILES string of the molecule is CCCCN(CCN)C(=O)CN1C[C@H](c2ccc3c(c2)CCO3)[C@@H](C(=O)O)[C@@H]1CCc1ccccn1. The molecule has 0 radical (unpaired) electrons. The van der Waals surface area contributed by atoms with Gasteiger partial charge in [0.2, 0.25) is 5.91 Å². The number of nitrogens with two attached hydrogens (primary N) is 1. The lowest BCUT2D eigenvalue weighted by molar-refractivity contribution is -0.143. The van der Waals surface area contributed by atoms with Crippen molar-refractivity contribution in [3.05, 3.63) is 59.4 Å². The van der Waals surface area contributed by atoms with Crippen LogP contribution in [-0.4, -0.2) is 77.1 Å². The predicted octanol–water partition coefficient (Wildman–Crippen LogP) is 2.71. The Morgan fingerprint density at radius 2 is 2.11 bits per heavy atom. The molecule has 1 aromatic carbocycles. The minimum absolute atomic E-state index is 0.0175. The molecule has 2 aromatic rings. The van der Waals surface area contributed by atoms with Crippen LogP contribution < -0.4 is 10.5 Å². The third kappa shape index (κ3) is 6.05. The molecule has 0 aliphatic carbocycles. The molecule has 0 spiro atoms. The standard InChI is InChI=1S/C28H38N4O4/c1-2-3-14-31(15-12-29)26(33)19-32-18-23(20-7-10-25-21(17-20)11-16-36-25)27(28(34)35)24(32)9-8-22-6-4-5-13-30-22/h4-7,10,13,17,23-24,27H,2-3,8-9,11-12,14-16,18-19,29H2,1H3,(H,34,35)/t23-,24+,27-/m1/s1. The van der Waals surface area contributed by atoms with Crippen LogP contribution in [0.1, 0.15) is 48.9 Å². The average molecular weight is 495 g/mol. The highest BCUT2D eigenvalue weighted by Crippen LogP contribution is 2.41. The summed E-state index contributed by atoms with van der Waals surface area (Å²) in [6, 6.07) is 11.6. The van der Waals surface area contributed by atoms with Gasteiger partial charge in [0.1, 0.15) is 5.75 Å².